The van der Waals surface area contributed by atoms with Crippen LogP contribution in [0, 0.1) is 0 Å². The van der Waals surface area contributed by atoms with Gasteiger partial charge in [-0.1, -0.05) is 36.4 Å². The van der Waals surface area contributed by atoms with E-state index >= 15 is 0 Å². The molecule has 0 unspecified atom stereocenters. The molecule has 26 heavy (non-hydrogen) atoms. The number of β-amino-alcohol motifs (C(OH)–C–C–N with tert-alkyl or cyclic N) is 1. The van der Waals surface area contributed by atoms with Gasteiger partial charge < -0.3 is 14.6 Å². The fourth-order valence-electron chi connectivity index (χ4n) is 3.60. The number of aliphatic hydroxyl groups is 1. The van der Waals surface area contributed by atoms with Crippen molar-refractivity contribution in [2.75, 3.05) is 45.9 Å². The van der Waals surface area contributed by atoms with Crippen LogP contribution in [0.3, 0.4) is 0 Å². The van der Waals surface area contributed by atoms with E-state index in [1.165, 1.54) is 5.56 Å². The Bertz CT molecular complexity index is 714. The van der Waals surface area contributed by atoms with Gasteiger partial charge in [-0.3, -0.25) is 9.80 Å². The molecule has 2 heterocycles. The standard InChI is InChI=1S/C21H26N2O3/c24-19(18-4-2-1-3-5-18)16-23-10-8-22(9-11-23)15-17-6-7-20-21(14-17)26-13-12-25-20/h1-7,14,19,24H,8-13,15-16H2/t19-/m0/s1. The maximum atomic E-state index is 10.4. The van der Waals surface area contributed by atoms with E-state index in [4.69, 9.17) is 9.47 Å². The summed E-state index contributed by atoms with van der Waals surface area (Å²) in [6.07, 6.45) is -0.416. The summed E-state index contributed by atoms with van der Waals surface area (Å²) < 4.78 is 11.3. The van der Waals surface area contributed by atoms with Crippen LogP contribution in [0.4, 0.5) is 0 Å². The minimum atomic E-state index is -0.416. The summed E-state index contributed by atoms with van der Waals surface area (Å²) in [6.45, 7) is 6.85. The molecule has 5 heteroatoms. The van der Waals surface area contributed by atoms with Crippen LogP contribution in [-0.2, 0) is 6.54 Å². The first-order valence-corrected chi connectivity index (χ1v) is 9.34. The summed E-state index contributed by atoms with van der Waals surface area (Å²) in [6, 6.07) is 16.1. The summed E-state index contributed by atoms with van der Waals surface area (Å²) in [5, 5.41) is 10.4. The van der Waals surface area contributed by atoms with Gasteiger partial charge in [0.1, 0.15) is 13.2 Å². The lowest BCUT2D eigenvalue weighted by atomic mass is 10.1. The maximum absolute atomic E-state index is 10.4. The van der Waals surface area contributed by atoms with Crippen LogP contribution in [0.1, 0.15) is 17.2 Å². The molecule has 0 spiro atoms. The fourth-order valence-corrected chi connectivity index (χ4v) is 3.60. The topological polar surface area (TPSA) is 45.2 Å². The molecule has 2 aromatic rings. The fraction of sp³-hybridized carbons (Fsp3) is 0.429. The first-order valence-electron chi connectivity index (χ1n) is 9.34. The van der Waals surface area contributed by atoms with Gasteiger partial charge in [-0.15, -0.1) is 0 Å². The third-order valence-corrected chi connectivity index (χ3v) is 5.09. The Labute approximate surface area is 154 Å². The second-order valence-electron chi connectivity index (χ2n) is 6.98. The molecule has 1 N–H and O–H groups in total. The van der Waals surface area contributed by atoms with Crippen molar-refractivity contribution < 1.29 is 14.6 Å². The smallest absolute Gasteiger partial charge is 0.161 e. The molecule has 0 aliphatic carbocycles. The van der Waals surface area contributed by atoms with Crippen LogP contribution in [-0.4, -0.2) is 60.8 Å². The minimum absolute atomic E-state index is 0.416. The molecular formula is C21H26N2O3. The van der Waals surface area contributed by atoms with Gasteiger partial charge >= 0.3 is 0 Å². The Morgan fingerprint density at radius 2 is 1.54 bits per heavy atom. The molecule has 1 atom stereocenters. The molecular weight excluding hydrogens is 328 g/mol. The average molecular weight is 354 g/mol. The average Bonchev–Trinajstić information content (AvgIpc) is 2.70. The van der Waals surface area contributed by atoms with E-state index in [0.717, 1.165) is 49.8 Å². The molecule has 138 valence electrons. The van der Waals surface area contributed by atoms with Crippen molar-refractivity contribution in [1.29, 1.82) is 0 Å². The first kappa shape index (κ1) is 17.3. The van der Waals surface area contributed by atoms with Crippen molar-refractivity contribution in [3.63, 3.8) is 0 Å². The van der Waals surface area contributed by atoms with E-state index in [-0.39, 0.29) is 0 Å². The quantitative estimate of drug-likeness (QED) is 0.893. The number of benzene rings is 2. The van der Waals surface area contributed by atoms with E-state index in [1.807, 2.05) is 36.4 Å². The lowest BCUT2D eigenvalue weighted by Crippen LogP contribution is -2.47. The molecule has 2 aromatic carbocycles. The number of fused-ring (bicyclic) bond motifs is 1. The molecule has 1 saturated heterocycles. The number of ether oxygens (including phenoxy) is 2. The van der Waals surface area contributed by atoms with Crippen LogP contribution < -0.4 is 9.47 Å². The van der Waals surface area contributed by atoms with Crippen molar-refractivity contribution in [2.45, 2.75) is 12.6 Å². The van der Waals surface area contributed by atoms with Crippen LogP contribution in [0.15, 0.2) is 48.5 Å². The van der Waals surface area contributed by atoms with Gasteiger partial charge in [0, 0.05) is 39.3 Å². The van der Waals surface area contributed by atoms with Crippen LogP contribution in [0.5, 0.6) is 11.5 Å². The molecule has 5 nitrogen and oxygen atoms in total. The highest BCUT2D eigenvalue weighted by atomic mass is 16.6. The third kappa shape index (κ3) is 4.18. The Balaban J connectivity index is 1.27. The van der Waals surface area contributed by atoms with E-state index in [1.54, 1.807) is 0 Å². The van der Waals surface area contributed by atoms with Crippen molar-refractivity contribution in [3.8, 4) is 11.5 Å². The predicted molar refractivity (Wildman–Crippen MR) is 101 cm³/mol. The van der Waals surface area contributed by atoms with Crippen molar-refractivity contribution in [3.05, 3.63) is 59.7 Å². The predicted octanol–water partition coefficient (Wildman–Crippen LogP) is 2.31. The number of nitrogens with zero attached hydrogens (tertiary/aromatic N) is 2. The maximum Gasteiger partial charge on any atom is 0.161 e. The highest BCUT2D eigenvalue weighted by molar-refractivity contribution is 5.43. The monoisotopic (exact) mass is 354 g/mol. The molecule has 4 rings (SSSR count). The Morgan fingerprint density at radius 3 is 2.31 bits per heavy atom. The summed E-state index contributed by atoms with van der Waals surface area (Å²) in [5.41, 5.74) is 2.25. The van der Waals surface area contributed by atoms with Gasteiger partial charge in [0.05, 0.1) is 6.10 Å². The lowest BCUT2D eigenvalue weighted by molar-refractivity contribution is 0.0700. The number of aliphatic hydroxyl groups excluding tert-OH is 1. The number of rotatable bonds is 5. The normalized spacial score (nSPS) is 19.3. The van der Waals surface area contributed by atoms with Gasteiger partial charge in [-0.05, 0) is 23.3 Å². The molecule has 1 fully saturated rings. The Kier molecular flexibility index (Phi) is 5.39. The van der Waals surface area contributed by atoms with Crippen molar-refractivity contribution in [2.24, 2.45) is 0 Å². The second kappa shape index (κ2) is 8.08. The molecule has 2 aliphatic rings. The minimum Gasteiger partial charge on any atom is -0.486 e. The third-order valence-electron chi connectivity index (χ3n) is 5.09. The van der Waals surface area contributed by atoms with E-state index in [0.29, 0.717) is 19.8 Å². The SMILES string of the molecule is O[C@@H](CN1CCN(Cc2ccc3c(c2)OCCO3)CC1)c1ccccc1. The molecule has 0 aromatic heterocycles. The van der Waals surface area contributed by atoms with E-state index in [2.05, 4.69) is 21.9 Å². The zero-order chi connectivity index (χ0) is 17.8. The van der Waals surface area contributed by atoms with Gasteiger partial charge in [-0.25, -0.2) is 0 Å². The Morgan fingerprint density at radius 1 is 0.846 bits per heavy atom. The zero-order valence-corrected chi connectivity index (χ0v) is 15.0. The van der Waals surface area contributed by atoms with E-state index < -0.39 is 6.10 Å². The number of hydrogen-bond donors (Lipinski definition) is 1. The first-order chi connectivity index (χ1) is 12.8. The zero-order valence-electron chi connectivity index (χ0n) is 15.0. The van der Waals surface area contributed by atoms with Crippen LogP contribution in [0.25, 0.3) is 0 Å². The largest absolute Gasteiger partial charge is 0.486 e. The molecule has 2 aliphatic heterocycles. The summed E-state index contributed by atoms with van der Waals surface area (Å²) in [5.74, 6) is 1.71. The Hall–Kier alpha value is -2.08. The molecule has 0 amide bonds. The van der Waals surface area contributed by atoms with Gasteiger partial charge in [-0.2, -0.15) is 0 Å². The van der Waals surface area contributed by atoms with Crippen LogP contribution >= 0.6 is 0 Å². The lowest BCUT2D eigenvalue weighted by Gasteiger charge is -2.35. The number of piperazine rings is 1. The molecule has 0 radical (unpaired) electrons. The molecule has 0 bridgehead atoms. The highest BCUT2D eigenvalue weighted by Gasteiger charge is 2.20. The summed E-state index contributed by atoms with van der Waals surface area (Å²) in [7, 11) is 0. The molecule has 0 saturated carbocycles. The second-order valence-corrected chi connectivity index (χ2v) is 6.98. The van der Waals surface area contributed by atoms with Gasteiger partial charge in [0.25, 0.3) is 0 Å². The van der Waals surface area contributed by atoms with Gasteiger partial charge in [0.2, 0.25) is 0 Å². The summed E-state index contributed by atoms with van der Waals surface area (Å²) >= 11 is 0. The summed E-state index contributed by atoms with van der Waals surface area (Å²) in [4.78, 5) is 4.80. The van der Waals surface area contributed by atoms with E-state index in [9.17, 15) is 5.11 Å². The van der Waals surface area contributed by atoms with Crippen molar-refractivity contribution in [1.82, 2.24) is 9.80 Å². The highest BCUT2D eigenvalue weighted by Crippen LogP contribution is 2.31. The van der Waals surface area contributed by atoms with Crippen LogP contribution in [0.2, 0.25) is 0 Å². The van der Waals surface area contributed by atoms with Crippen molar-refractivity contribution >= 4 is 0 Å². The van der Waals surface area contributed by atoms with Gasteiger partial charge in [0.15, 0.2) is 11.5 Å². The number of hydrogen-bond acceptors (Lipinski definition) is 5.